The van der Waals surface area contributed by atoms with Crippen LogP contribution in [0.3, 0.4) is 0 Å². The topological polar surface area (TPSA) is 67.4 Å². The fourth-order valence-corrected chi connectivity index (χ4v) is 6.04. The van der Waals surface area contributed by atoms with E-state index in [9.17, 15) is 22.8 Å². The van der Waals surface area contributed by atoms with E-state index < -0.39 is 23.6 Å². The molecule has 2 amide bonds. The summed E-state index contributed by atoms with van der Waals surface area (Å²) >= 11 is 1.31. The molecule has 0 unspecified atom stereocenters. The summed E-state index contributed by atoms with van der Waals surface area (Å²) in [5, 5.41) is 5.57. The van der Waals surface area contributed by atoms with Gasteiger partial charge in [0.2, 0.25) is 0 Å². The Balaban J connectivity index is 1.63. The van der Waals surface area contributed by atoms with Gasteiger partial charge in [-0.05, 0) is 66.8 Å². The van der Waals surface area contributed by atoms with Crippen molar-refractivity contribution >= 4 is 33.8 Å². The van der Waals surface area contributed by atoms with Crippen LogP contribution >= 0.6 is 11.3 Å². The van der Waals surface area contributed by atoms with E-state index in [0.717, 1.165) is 34.9 Å². The summed E-state index contributed by atoms with van der Waals surface area (Å²) in [5.41, 5.74) is 0.686. The summed E-state index contributed by atoms with van der Waals surface area (Å²) < 4.78 is 46.3. The smallest absolute Gasteiger partial charge is 0.418 e. The SMILES string of the molecule is Cc1ccccc1OCC(=O)Nc1sc2c(c1C(=O)Nc1ccccc1C(F)(F)F)CC[C@@H](C(C)(C)C)C2. The zero-order valence-corrected chi connectivity index (χ0v) is 22.6. The van der Waals surface area contributed by atoms with Gasteiger partial charge in [-0.3, -0.25) is 9.59 Å². The van der Waals surface area contributed by atoms with Crippen molar-refractivity contribution in [3.05, 3.63) is 75.7 Å². The molecule has 0 saturated heterocycles. The molecule has 2 N–H and O–H groups in total. The van der Waals surface area contributed by atoms with Gasteiger partial charge in [0.25, 0.3) is 11.8 Å². The monoisotopic (exact) mass is 544 g/mol. The minimum absolute atomic E-state index is 0.0561. The number of carbonyl (C=O) groups is 2. The Labute approximate surface area is 224 Å². The number of hydrogen-bond donors (Lipinski definition) is 2. The van der Waals surface area contributed by atoms with Crippen LogP contribution in [0.15, 0.2) is 48.5 Å². The number of anilines is 2. The highest BCUT2D eigenvalue weighted by atomic mass is 32.1. The van der Waals surface area contributed by atoms with Crippen LogP contribution in [0.5, 0.6) is 5.75 Å². The Morgan fingerprint density at radius 1 is 1.03 bits per heavy atom. The molecule has 202 valence electrons. The van der Waals surface area contributed by atoms with Gasteiger partial charge in [0.05, 0.1) is 16.8 Å². The van der Waals surface area contributed by atoms with Gasteiger partial charge in [-0.25, -0.2) is 0 Å². The van der Waals surface area contributed by atoms with E-state index in [-0.39, 0.29) is 23.3 Å². The molecule has 0 aliphatic heterocycles. The van der Waals surface area contributed by atoms with Crippen LogP contribution in [0.25, 0.3) is 0 Å². The molecule has 1 atom stereocenters. The molecule has 3 aromatic rings. The molecule has 2 aromatic carbocycles. The van der Waals surface area contributed by atoms with Gasteiger partial charge in [0.15, 0.2) is 6.61 Å². The average Bonchev–Trinajstić information content (AvgIpc) is 3.19. The second kappa shape index (κ2) is 10.8. The molecule has 0 saturated carbocycles. The Morgan fingerprint density at radius 2 is 1.71 bits per heavy atom. The number of para-hydroxylation sites is 2. The number of carbonyl (C=O) groups excluding carboxylic acids is 2. The molecule has 9 heteroatoms. The van der Waals surface area contributed by atoms with E-state index in [1.165, 1.54) is 29.5 Å². The van der Waals surface area contributed by atoms with Crippen molar-refractivity contribution < 1.29 is 27.5 Å². The van der Waals surface area contributed by atoms with Crippen LogP contribution in [0, 0.1) is 18.3 Å². The predicted octanol–water partition coefficient (Wildman–Crippen LogP) is 7.50. The van der Waals surface area contributed by atoms with Crippen molar-refractivity contribution in [2.24, 2.45) is 11.3 Å². The summed E-state index contributed by atoms with van der Waals surface area (Å²) in [6.45, 7) is 8.11. The largest absolute Gasteiger partial charge is 0.483 e. The zero-order chi connectivity index (χ0) is 27.7. The third-order valence-electron chi connectivity index (χ3n) is 6.90. The fourth-order valence-electron chi connectivity index (χ4n) is 4.70. The van der Waals surface area contributed by atoms with E-state index in [2.05, 4.69) is 31.4 Å². The summed E-state index contributed by atoms with van der Waals surface area (Å²) in [4.78, 5) is 27.3. The quantitative estimate of drug-likeness (QED) is 0.338. The number of alkyl halides is 3. The molecule has 0 bridgehead atoms. The van der Waals surface area contributed by atoms with Crippen molar-refractivity contribution in [1.82, 2.24) is 0 Å². The highest BCUT2D eigenvalue weighted by Crippen LogP contribution is 2.45. The number of aryl methyl sites for hydroxylation is 1. The number of rotatable bonds is 6. The summed E-state index contributed by atoms with van der Waals surface area (Å²) in [6, 6.07) is 12.2. The first-order valence-electron chi connectivity index (χ1n) is 12.4. The van der Waals surface area contributed by atoms with Gasteiger partial charge in [0, 0.05) is 4.88 Å². The van der Waals surface area contributed by atoms with Crippen LogP contribution in [0.2, 0.25) is 0 Å². The fraction of sp³-hybridized carbons (Fsp3) is 0.379. The molecule has 1 heterocycles. The van der Waals surface area contributed by atoms with Crippen molar-refractivity contribution in [2.45, 2.75) is 53.1 Å². The van der Waals surface area contributed by atoms with E-state index in [1.807, 2.05) is 19.1 Å². The van der Waals surface area contributed by atoms with E-state index >= 15 is 0 Å². The molecule has 1 aromatic heterocycles. The average molecular weight is 545 g/mol. The summed E-state index contributed by atoms with van der Waals surface area (Å²) in [7, 11) is 0. The Bertz CT molecular complexity index is 1340. The van der Waals surface area contributed by atoms with E-state index in [4.69, 9.17) is 4.74 Å². The molecule has 1 aliphatic carbocycles. The lowest BCUT2D eigenvalue weighted by molar-refractivity contribution is -0.136. The van der Waals surface area contributed by atoms with Crippen molar-refractivity contribution in [2.75, 3.05) is 17.2 Å². The van der Waals surface area contributed by atoms with E-state index in [1.54, 1.807) is 12.1 Å². The van der Waals surface area contributed by atoms with Crippen molar-refractivity contribution in [3.8, 4) is 5.75 Å². The van der Waals surface area contributed by atoms with Crippen LogP contribution in [-0.4, -0.2) is 18.4 Å². The van der Waals surface area contributed by atoms with Crippen LogP contribution < -0.4 is 15.4 Å². The highest BCUT2D eigenvalue weighted by molar-refractivity contribution is 7.17. The second-order valence-electron chi connectivity index (χ2n) is 10.6. The Kier molecular flexibility index (Phi) is 7.88. The molecule has 4 rings (SSSR count). The van der Waals surface area contributed by atoms with Gasteiger partial charge < -0.3 is 15.4 Å². The molecule has 1 aliphatic rings. The number of halogens is 3. The van der Waals surface area contributed by atoms with Gasteiger partial charge in [-0.1, -0.05) is 51.1 Å². The number of amides is 2. The van der Waals surface area contributed by atoms with Crippen LogP contribution in [-0.2, 0) is 23.8 Å². The second-order valence-corrected chi connectivity index (χ2v) is 11.7. The zero-order valence-electron chi connectivity index (χ0n) is 21.8. The Morgan fingerprint density at radius 3 is 2.39 bits per heavy atom. The third kappa shape index (κ3) is 6.20. The standard InChI is InChI=1S/C29H31F3N2O3S/c1-17-9-5-8-12-22(17)37-16-24(35)34-27-25(19-14-13-18(28(2,3)4)15-23(19)38-27)26(36)33-21-11-7-6-10-20(21)29(30,31)32/h5-12,18H,13-16H2,1-4H3,(H,33,36)(H,34,35)/t18-/m1/s1. The van der Waals surface area contributed by atoms with Gasteiger partial charge in [0.1, 0.15) is 10.8 Å². The number of hydrogen-bond acceptors (Lipinski definition) is 4. The van der Waals surface area contributed by atoms with Gasteiger partial charge in [-0.2, -0.15) is 13.2 Å². The maximum Gasteiger partial charge on any atom is 0.418 e. The van der Waals surface area contributed by atoms with Crippen molar-refractivity contribution in [3.63, 3.8) is 0 Å². The molecule has 0 fully saturated rings. The van der Waals surface area contributed by atoms with E-state index in [0.29, 0.717) is 23.1 Å². The number of nitrogens with one attached hydrogen (secondary N) is 2. The molecule has 38 heavy (non-hydrogen) atoms. The first-order chi connectivity index (χ1) is 17.8. The lowest BCUT2D eigenvalue weighted by Crippen LogP contribution is -2.27. The van der Waals surface area contributed by atoms with Crippen molar-refractivity contribution in [1.29, 1.82) is 0 Å². The number of fused-ring (bicyclic) bond motifs is 1. The van der Waals surface area contributed by atoms with Gasteiger partial charge in [-0.15, -0.1) is 11.3 Å². The maximum absolute atomic E-state index is 13.6. The number of ether oxygens (including phenoxy) is 1. The normalized spacial score (nSPS) is 15.5. The minimum Gasteiger partial charge on any atom is -0.483 e. The highest BCUT2D eigenvalue weighted by Gasteiger charge is 2.36. The number of thiophene rings is 1. The molecule has 0 radical (unpaired) electrons. The molecule has 5 nitrogen and oxygen atoms in total. The van der Waals surface area contributed by atoms with Crippen LogP contribution in [0.4, 0.5) is 23.9 Å². The lowest BCUT2D eigenvalue weighted by atomic mass is 9.72. The molecule has 0 spiro atoms. The first kappa shape index (κ1) is 27.7. The minimum atomic E-state index is -4.62. The summed E-state index contributed by atoms with van der Waals surface area (Å²) in [5.74, 6) is -0.182. The van der Waals surface area contributed by atoms with Gasteiger partial charge >= 0.3 is 6.18 Å². The predicted molar refractivity (Wildman–Crippen MR) is 144 cm³/mol. The molecular formula is C29H31F3N2O3S. The summed E-state index contributed by atoms with van der Waals surface area (Å²) in [6.07, 6.45) is -2.44. The molecular weight excluding hydrogens is 513 g/mol. The Hall–Kier alpha value is -3.33. The number of benzene rings is 2. The lowest BCUT2D eigenvalue weighted by Gasteiger charge is -2.33. The first-order valence-corrected chi connectivity index (χ1v) is 13.3. The van der Waals surface area contributed by atoms with Crippen LogP contribution in [0.1, 0.15) is 59.1 Å². The maximum atomic E-state index is 13.6. The third-order valence-corrected chi connectivity index (χ3v) is 8.07.